The molecule has 0 aliphatic rings. The number of rotatable bonds is 2. The largest absolute Gasteiger partial charge is 0.390 e. The number of aromatic nitrogens is 1. The van der Waals surface area contributed by atoms with Crippen molar-refractivity contribution in [1.82, 2.24) is 4.98 Å². The standard InChI is InChI=1S/C8H8ClF2NO/c1-4-7(9)6(8(10)11)2-5(3-13)12-4/h2,8,13H,3H2,1H3. The number of aliphatic hydroxyl groups excluding tert-OH is 1. The van der Waals surface area contributed by atoms with Gasteiger partial charge in [-0.2, -0.15) is 0 Å². The maximum absolute atomic E-state index is 12.3. The van der Waals surface area contributed by atoms with Crippen LogP contribution in [-0.4, -0.2) is 10.1 Å². The molecule has 0 saturated carbocycles. The number of pyridine rings is 1. The highest BCUT2D eigenvalue weighted by Crippen LogP contribution is 2.29. The summed E-state index contributed by atoms with van der Waals surface area (Å²) in [7, 11) is 0. The van der Waals surface area contributed by atoms with Gasteiger partial charge in [0.05, 0.1) is 23.0 Å². The van der Waals surface area contributed by atoms with Crippen LogP contribution in [0.2, 0.25) is 5.02 Å². The third-order valence-corrected chi connectivity index (χ3v) is 2.09. The fourth-order valence-electron chi connectivity index (χ4n) is 0.988. The topological polar surface area (TPSA) is 33.1 Å². The van der Waals surface area contributed by atoms with E-state index in [4.69, 9.17) is 16.7 Å². The average Bonchev–Trinajstić information content (AvgIpc) is 2.09. The molecule has 0 aliphatic heterocycles. The molecule has 5 heteroatoms. The van der Waals surface area contributed by atoms with E-state index in [-0.39, 0.29) is 22.9 Å². The molecule has 0 radical (unpaired) electrons. The molecule has 0 fully saturated rings. The van der Waals surface area contributed by atoms with Gasteiger partial charge in [0, 0.05) is 5.56 Å². The van der Waals surface area contributed by atoms with Crippen LogP contribution in [0.4, 0.5) is 8.78 Å². The van der Waals surface area contributed by atoms with Crippen LogP contribution in [0.3, 0.4) is 0 Å². The molecule has 72 valence electrons. The Labute approximate surface area is 79.2 Å². The molecule has 0 bridgehead atoms. The van der Waals surface area contributed by atoms with Crippen molar-refractivity contribution in [2.75, 3.05) is 0 Å². The predicted octanol–water partition coefficient (Wildman–Crippen LogP) is 2.47. The summed E-state index contributed by atoms with van der Waals surface area (Å²) in [5.41, 5.74) is 0.235. The van der Waals surface area contributed by atoms with Gasteiger partial charge in [0.25, 0.3) is 6.43 Å². The quantitative estimate of drug-likeness (QED) is 0.808. The summed E-state index contributed by atoms with van der Waals surface area (Å²) >= 11 is 5.59. The zero-order chi connectivity index (χ0) is 10.0. The molecule has 0 unspecified atom stereocenters. The summed E-state index contributed by atoms with van der Waals surface area (Å²) in [6.45, 7) is 1.16. The van der Waals surface area contributed by atoms with Crippen molar-refractivity contribution in [3.05, 3.63) is 28.0 Å². The van der Waals surface area contributed by atoms with Gasteiger partial charge in [-0.25, -0.2) is 8.78 Å². The Morgan fingerprint density at radius 3 is 2.69 bits per heavy atom. The zero-order valence-electron chi connectivity index (χ0n) is 6.89. The first-order chi connectivity index (χ1) is 6.06. The Morgan fingerprint density at radius 2 is 2.23 bits per heavy atom. The van der Waals surface area contributed by atoms with Gasteiger partial charge in [0.1, 0.15) is 0 Å². The Morgan fingerprint density at radius 1 is 1.62 bits per heavy atom. The molecular formula is C8H8ClF2NO. The summed E-state index contributed by atoms with van der Waals surface area (Å²) in [6.07, 6.45) is -2.64. The van der Waals surface area contributed by atoms with Crippen LogP contribution < -0.4 is 0 Å². The SMILES string of the molecule is Cc1nc(CO)cc(C(F)F)c1Cl. The van der Waals surface area contributed by atoms with Crippen LogP contribution in [-0.2, 0) is 6.61 Å². The summed E-state index contributed by atoms with van der Waals surface area (Å²) in [4.78, 5) is 3.82. The Balaban J connectivity index is 3.25. The lowest BCUT2D eigenvalue weighted by Gasteiger charge is -2.07. The summed E-state index contributed by atoms with van der Waals surface area (Å²) < 4.78 is 24.7. The summed E-state index contributed by atoms with van der Waals surface area (Å²) in [5.74, 6) is 0. The number of aliphatic hydroxyl groups is 1. The monoisotopic (exact) mass is 207 g/mol. The molecule has 0 aromatic carbocycles. The summed E-state index contributed by atoms with van der Waals surface area (Å²) in [5, 5.41) is 8.67. The van der Waals surface area contributed by atoms with E-state index in [9.17, 15) is 8.78 Å². The first-order valence-corrected chi connectivity index (χ1v) is 3.99. The van der Waals surface area contributed by atoms with Crippen LogP contribution in [0, 0.1) is 6.92 Å². The molecule has 0 spiro atoms. The smallest absolute Gasteiger partial charge is 0.265 e. The van der Waals surface area contributed by atoms with Crippen molar-refractivity contribution in [3.8, 4) is 0 Å². The van der Waals surface area contributed by atoms with Crippen molar-refractivity contribution in [2.24, 2.45) is 0 Å². The normalized spacial score (nSPS) is 10.9. The highest BCUT2D eigenvalue weighted by Gasteiger charge is 2.15. The van der Waals surface area contributed by atoms with Gasteiger partial charge < -0.3 is 5.11 Å². The molecule has 1 N–H and O–H groups in total. The number of halogens is 3. The van der Waals surface area contributed by atoms with Crippen LogP contribution >= 0.6 is 11.6 Å². The van der Waals surface area contributed by atoms with Gasteiger partial charge in [-0.05, 0) is 13.0 Å². The molecule has 1 heterocycles. The van der Waals surface area contributed by atoms with E-state index in [1.807, 2.05) is 0 Å². The molecule has 1 aromatic heterocycles. The van der Waals surface area contributed by atoms with E-state index in [1.54, 1.807) is 0 Å². The minimum Gasteiger partial charge on any atom is -0.390 e. The van der Waals surface area contributed by atoms with Gasteiger partial charge in [-0.3, -0.25) is 4.98 Å². The van der Waals surface area contributed by atoms with Gasteiger partial charge in [0.15, 0.2) is 0 Å². The molecule has 13 heavy (non-hydrogen) atoms. The van der Waals surface area contributed by atoms with Gasteiger partial charge >= 0.3 is 0 Å². The maximum Gasteiger partial charge on any atom is 0.265 e. The van der Waals surface area contributed by atoms with E-state index >= 15 is 0 Å². The van der Waals surface area contributed by atoms with E-state index in [2.05, 4.69) is 4.98 Å². The van der Waals surface area contributed by atoms with Crippen molar-refractivity contribution < 1.29 is 13.9 Å². The van der Waals surface area contributed by atoms with E-state index in [0.717, 1.165) is 6.07 Å². The number of alkyl halides is 2. The number of nitrogens with zero attached hydrogens (tertiary/aromatic N) is 1. The highest BCUT2D eigenvalue weighted by atomic mass is 35.5. The van der Waals surface area contributed by atoms with Crippen LogP contribution in [0.15, 0.2) is 6.07 Å². The Hall–Kier alpha value is -0.740. The van der Waals surface area contributed by atoms with E-state index in [0.29, 0.717) is 5.69 Å². The Bertz CT molecular complexity index is 317. The number of hydrogen-bond donors (Lipinski definition) is 1. The highest BCUT2D eigenvalue weighted by molar-refractivity contribution is 6.32. The van der Waals surface area contributed by atoms with Crippen molar-refractivity contribution in [2.45, 2.75) is 20.0 Å². The average molecular weight is 208 g/mol. The molecule has 2 nitrogen and oxygen atoms in total. The maximum atomic E-state index is 12.3. The van der Waals surface area contributed by atoms with Gasteiger partial charge in [-0.15, -0.1) is 0 Å². The van der Waals surface area contributed by atoms with E-state index < -0.39 is 6.43 Å². The van der Waals surface area contributed by atoms with Gasteiger partial charge in [0.2, 0.25) is 0 Å². The third-order valence-electron chi connectivity index (χ3n) is 1.60. The predicted molar refractivity (Wildman–Crippen MR) is 44.9 cm³/mol. The molecule has 0 aliphatic carbocycles. The van der Waals surface area contributed by atoms with Crippen LogP contribution in [0.1, 0.15) is 23.4 Å². The Kier molecular flexibility index (Phi) is 3.17. The second-order valence-electron chi connectivity index (χ2n) is 2.56. The molecular weight excluding hydrogens is 200 g/mol. The second kappa shape index (κ2) is 3.98. The van der Waals surface area contributed by atoms with Crippen LogP contribution in [0.5, 0.6) is 0 Å². The van der Waals surface area contributed by atoms with Crippen LogP contribution in [0.25, 0.3) is 0 Å². The molecule has 1 aromatic rings. The minimum absolute atomic E-state index is 0.0350. The van der Waals surface area contributed by atoms with E-state index in [1.165, 1.54) is 6.92 Å². The molecule has 0 saturated heterocycles. The fraction of sp³-hybridized carbons (Fsp3) is 0.375. The zero-order valence-corrected chi connectivity index (χ0v) is 7.65. The number of aryl methyl sites for hydroxylation is 1. The molecule has 0 amide bonds. The lowest BCUT2D eigenvalue weighted by Crippen LogP contribution is -1.98. The summed E-state index contributed by atoms with van der Waals surface area (Å²) in [6, 6.07) is 1.11. The molecule has 1 rings (SSSR count). The third kappa shape index (κ3) is 2.14. The fourth-order valence-corrected chi connectivity index (χ4v) is 1.17. The van der Waals surface area contributed by atoms with Crippen molar-refractivity contribution in [3.63, 3.8) is 0 Å². The first kappa shape index (κ1) is 10.3. The minimum atomic E-state index is -2.64. The lowest BCUT2D eigenvalue weighted by atomic mass is 10.2. The molecule has 0 atom stereocenters. The first-order valence-electron chi connectivity index (χ1n) is 3.61. The second-order valence-corrected chi connectivity index (χ2v) is 2.94. The van der Waals surface area contributed by atoms with Crippen molar-refractivity contribution in [1.29, 1.82) is 0 Å². The van der Waals surface area contributed by atoms with Gasteiger partial charge in [-0.1, -0.05) is 11.6 Å². The number of hydrogen-bond acceptors (Lipinski definition) is 2. The lowest BCUT2D eigenvalue weighted by molar-refractivity contribution is 0.151. The van der Waals surface area contributed by atoms with Crippen molar-refractivity contribution >= 4 is 11.6 Å².